The van der Waals surface area contributed by atoms with Gasteiger partial charge in [-0.05, 0) is 48.7 Å². The highest BCUT2D eigenvalue weighted by Crippen LogP contribution is 2.28. The van der Waals surface area contributed by atoms with E-state index in [1.165, 1.54) is 19.3 Å². The molecule has 28 heavy (non-hydrogen) atoms. The topological polar surface area (TPSA) is 104 Å². The second kappa shape index (κ2) is 9.41. The van der Waals surface area contributed by atoms with Crippen molar-refractivity contribution in [2.24, 2.45) is 5.92 Å². The van der Waals surface area contributed by atoms with Crippen molar-refractivity contribution < 1.29 is 19.2 Å². The second-order valence-corrected chi connectivity index (χ2v) is 7.23. The first-order valence-corrected chi connectivity index (χ1v) is 9.73. The maximum atomic E-state index is 12.6. The molecule has 0 spiro atoms. The lowest BCUT2D eigenvalue weighted by atomic mass is 9.84. The minimum atomic E-state index is -0.566. The van der Waals surface area contributed by atoms with Crippen LogP contribution in [0.15, 0.2) is 40.8 Å². The predicted octanol–water partition coefficient (Wildman–Crippen LogP) is 3.56. The molecule has 2 amide bonds. The summed E-state index contributed by atoms with van der Waals surface area (Å²) in [5.41, 5.74) is 3.41. The first-order chi connectivity index (χ1) is 13.6. The zero-order valence-electron chi connectivity index (χ0n) is 16.0. The van der Waals surface area contributed by atoms with Crippen LogP contribution in [0.2, 0.25) is 0 Å². The third-order valence-electron chi connectivity index (χ3n) is 5.29. The summed E-state index contributed by atoms with van der Waals surface area (Å²) in [7, 11) is 1.58. The summed E-state index contributed by atoms with van der Waals surface area (Å²) in [4.78, 5) is 24.9. The van der Waals surface area contributed by atoms with E-state index < -0.39 is 11.9 Å². The predicted molar refractivity (Wildman–Crippen MR) is 106 cm³/mol. The number of carbonyl (C=O) groups excluding carboxylic acids is 2. The van der Waals surface area contributed by atoms with E-state index in [4.69, 9.17) is 9.62 Å². The monoisotopic (exact) mass is 385 g/mol. The Morgan fingerprint density at radius 3 is 2.46 bits per heavy atom. The molecule has 7 nitrogen and oxygen atoms in total. The molecule has 1 saturated carbocycles. The molecule has 1 atom stereocenters. The van der Waals surface area contributed by atoms with E-state index in [0.29, 0.717) is 23.8 Å². The summed E-state index contributed by atoms with van der Waals surface area (Å²) in [6.07, 6.45) is 6.48. The summed E-state index contributed by atoms with van der Waals surface area (Å²) in [6.45, 7) is 0. The van der Waals surface area contributed by atoms with Gasteiger partial charge in [-0.25, -0.2) is 0 Å². The smallest absolute Gasteiger partial charge is 0.287 e. The fourth-order valence-corrected chi connectivity index (χ4v) is 3.72. The molecule has 1 aliphatic carbocycles. The molecule has 7 heteroatoms. The first-order valence-electron chi connectivity index (χ1n) is 9.73. The van der Waals surface area contributed by atoms with Crippen molar-refractivity contribution in [1.82, 2.24) is 10.6 Å². The van der Waals surface area contributed by atoms with Gasteiger partial charge >= 0.3 is 0 Å². The molecular weight excluding hydrogens is 358 g/mol. The summed E-state index contributed by atoms with van der Waals surface area (Å²) >= 11 is 0. The van der Waals surface area contributed by atoms with Gasteiger partial charge in [-0.2, -0.15) is 0 Å². The third kappa shape index (κ3) is 4.92. The molecule has 0 radical (unpaired) electrons. The van der Waals surface area contributed by atoms with Crippen LogP contribution in [0.3, 0.4) is 0 Å². The molecule has 4 N–H and O–H groups in total. The van der Waals surface area contributed by atoms with Crippen LogP contribution in [0.4, 0.5) is 5.69 Å². The van der Waals surface area contributed by atoms with Crippen molar-refractivity contribution in [3.05, 3.63) is 42.2 Å². The minimum absolute atomic E-state index is 0.164. The van der Waals surface area contributed by atoms with Crippen molar-refractivity contribution >= 4 is 17.5 Å². The van der Waals surface area contributed by atoms with Crippen LogP contribution in [0.1, 0.15) is 49.1 Å². The molecule has 0 bridgehead atoms. The maximum Gasteiger partial charge on any atom is 0.287 e. The number of anilines is 1. The van der Waals surface area contributed by atoms with Crippen LogP contribution in [-0.2, 0) is 4.79 Å². The normalized spacial score (nSPS) is 15.6. The second-order valence-electron chi connectivity index (χ2n) is 7.23. The number of benzene rings is 1. The first kappa shape index (κ1) is 19.9. The van der Waals surface area contributed by atoms with Gasteiger partial charge in [-0.1, -0.05) is 32.1 Å². The van der Waals surface area contributed by atoms with Gasteiger partial charge in [0.1, 0.15) is 11.8 Å². The fourth-order valence-electron chi connectivity index (χ4n) is 3.72. The molecule has 150 valence electrons. The molecule has 1 aromatic carbocycles. The Morgan fingerprint density at radius 2 is 1.82 bits per heavy atom. The van der Waals surface area contributed by atoms with E-state index in [9.17, 15) is 9.59 Å². The largest absolute Gasteiger partial charge is 0.451 e. The Balaban J connectivity index is 1.67. The van der Waals surface area contributed by atoms with Crippen molar-refractivity contribution in [1.29, 1.82) is 0 Å². The van der Waals surface area contributed by atoms with Crippen molar-refractivity contribution in [3.63, 3.8) is 0 Å². The molecule has 2 aromatic rings. The molecular formula is C21H27N3O4. The quantitative estimate of drug-likeness (QED) is 0.546. The van der Waals surface area contributed by atoms with Gasteiger partial charge in [-0.15, -0.1) is 0 Å². The van der Waals surface area contributed by atoms with E-state index >= 15 is 0 Å². The van der Waals surface area contributed by atoms with Crippen LogP contribution in [0, 0.1) is 5.92 Å². The van der Waals surface area contributed by atoms with Gasteiger partial charge in [-0.3, -0.25) is 20.3 Å². The number of furan rings is 1. The number of hydrogen-bond donors (Lipinski definition) is 4. The molecule has 1 aliphatic rings. The van der Waals surface area contributed by atoms with Gasteiger partial charge in [0.05, 0.1) is 5.69 Å². The van der Waals surface area contributed by atoms with Gasteiger partial charge in [0.25, 0.3) is 5.91 Å². The Morgan fingerprint density at radius 1 is 1.11 bits per heavy atom. The average Bonchev–Trinajstić information content (AvgIpc) is 3.24. The SMILES string of the molecule is CNC(=O)C(CC1CCCCC1)NC(=O)c1ccc(-c2ccc(NO)cc2)o1. The van der Waals surface area contributed by atoms with Crippen LogP contribution >= 0.6 is 0 Å². The number of hydrogen-bond acceptors (Lipinski definition) is 5. The fraction of sp³-hybridized carbons (Fsp3) is 0.429. The van der Waals surface area contributed by atoms with Gasteiger partial charge < -0.3 is 15.1 Å². The Bertz CT molecular complexity index is 794. The van der Waals surface area contributed by atoms with Crippen LogP contribution < -0.4 is 16.1 Å². The standard InChI is InChI=1S/C21H27N3O4/c1-22-20(25)17(13-14-5-3-2-4-6-14)23-21(26)19-12-11-18(28-19)15-7-9-16(24-27)10-8-15/h7-12,14,17,24,27H,2-6,13H2,1H3,(H,22,25)(H,23,26). The lowest BCUT2D eigenvalue weighted by molar-refractivity contribution is -0.123. The lowest BCUT2D eigenvalue weighted by Crippen LogP contribution is -2.46. The third-order valence-corrected chi connectivity index (χ3v) is 5.29. The summed E-state index contributed by atoms with van der Waals surface area (Å²) in [5.74, 6) is 0.583. The summed E-state index contributed by atoms with van der Waals surface area (Å²) in [6, 6.07) is 9.69. The summed E-state index contributed by atoms with van der Waals surface area (Å²) in [5, 5.41) is 14.4. The van der Waals surface area contributed by atoms with Crippen molar-refractivity contribution in [3.8, 4) is 11.3 Å². The highest BCUT2D eigenvalue weighted by Gasteiger charge is 2.26. The molecule has 1 fully saturated rings. The highest BCUT2D eigenvalue weighted by molar-refractivity contribution is 5.95. The molecule has 1 heterocycles. The molecule has 3 rings (SSSR count). The number of amides is 2. The van der Waals surface area contributed by atoms with E-state index in [2.05, 4.69) is 16.1 Å². The van der Waals surface area contributed by atoms with E-state index in [-0.39, 0.29) is 11.7 Å². The summed E-state index contributed by atoms with van der Waals surface area (Å²) < 4.78 is 5.68. The van der Waals surface area contributed by atoms with E-state index in [0.717, 1.165) is 18.4 Å². The number of carbonyl (C=O) groups is 2. The molecule has 0 aliphatic heterocycles. The van der Waals surface area contributed by atoms with Crippen molar-refractivity contribution in [2.75, 3.05) is 12.5 Å². The van der Waals surface area contributed by atoms with Crippen molar-refractivity contribution in [2.45, 2.75) is 44.6 Å². The number of rotatable bonds is 7. The molecule has 0 saturated heterocycles. The highest BCUT2D eigenvalue weighted by atomic mass is 16.5. The van der Waals surface area contributed by atoms with E-state index in [1.807, 2.05) is 0 Å². The molecule has 1 unspecified atom stereocenters. The molecule has 1 aromatic heterocycles. The van der Waals surface area contributed by atoms with Crippen LogP contribution in [0.25, 0.3) is 11.3 Å². The van der Waals surface area contributed by atoms with Crippen LogP contribution in [-0.4, -0.2) is 30.1 Å². The van der Waals surface area contributed by atoms with Gasteiger partial charge in [0, 0.05) is 12.6 Å². The Hall–Kier alpha value is -2.80. The average molecular weight is 385 g/mol. The number of likely N-dealkylation sites (N-methyl/N-ethyl adjacent to an activating group) is 1. The lowest BCUT2D eigenvalue weighted by Gasteiger charge is -2.26. The number of nitrogens with one attached hydrogen (secondary N) is 3. The maximum absolute atomic E-state index is 12.6. The Labute approximate surface area is 164 Å². The Kier molecular flexibility index (Phi) is 6.71. The van der Waals surface area contributed by atoms with Gasteiger partial charge in [0.2, 0.25) is 5.91 Å². The zero-order valence-corrected chi connectivity index (χ0v) is 16.0. The van der Waals surface area contributed by atoms with Crippen LogP contribution in [0.5, 0.6) is 0 Å². The van der Waals surface area contributed by atoms with E-state index in [1.54, 1.807) is 43.4 Å². The minimum Gasteiger partial charge on any atom is -0.451 e. The zero-order chi connectivity index (χ0) is 19.9. The van der Waals surface area contributed by atoms with Gasteiger partial charge in [0.15, 0.2) is 5.76 Å².